The van der Waals surface area contributed by atoms with E-state index in [1.807, 2.05) is 19.9 Å². The van der Waals surface area contributed by atoms with Crippen LogP contribution in [0.5, 0.6) is 0 Å². The summed E-state index contributed by atoms with van der Waals surface area (Å²) in [6.07, 6.45) is 3.28. The Morgan fingerprint density at radius 3 is 2.47 bits per heavy atom. The predicted molar refractivity (Wildman–Crippen MR) is 63.9 cm³/mol. The maximum absolute atomic E-state index is 13.3. The van der Waals surface area contributed by atoms with Gasteiger partial charge in [-0.3, -0.25) is 9.97 Å². The minimum atomic E-state index is -0.447. The van der Waals surface area contributed by atoms with Crippen LogP contribution in [0.15, 0.2) is 30.6 Å². The van der Waals surface area contributed by atoms with Crippen molar-refractivity contribution in [1.29, 1.82) is 0 Å². The van der Waals surface area contributed by atoms with Crippen molar-refractivity contribution in [3.05, 3.63) is 58.9 Å². The van der Waals surface area contributed by atoms with Gasteiger partial charge in [0.15, 0.2) is 0 Å². The number of halogens is 1. The number of hydrogen-bond acceptors (Lipinski definition) is 3. The molecule has 0 aliphatic carbocycles. The molecule has 1 atom stereocenters. The maximum Gasteiger partial charge on any atom is 0.123 e. The molecule has 2 N–H and O–H groups in total. The van der Waals surface area contributed by atoms with Gasteiger partial charge in [0, 0.05) is 6.20 Å². The van der Waals surface area contributed by atoms with Crippen molar-refractivity contribution in [2.75, 3.05) is 0 Å². The molecule has 0 saturated heterocycles. The van der Waals surface area contributed by atoms with E-state index in [0.29, 0.717) is 11.3 Å². The molecule has 0 amide bonds. The molecule has 0 aliphatic heterocycles. The van der Waals surface area contributed by atoms with E-state index >= 15 is 0 Å². The van der Waals surface area contributed by atoms with E-state index in [1.54, 1.807) is 12.4 Å². The van der Waals surface area contributed by atoms with E-state index in [-0.39, 0.29) is 5.82 Å². The van der Waals surface area contributed by atoms with Gasteiger partial charge in [-0.1, -0.05) is 6.07 Å². The third kappa shape index (κ3) is 2.65. The summed E-state index contributed by atoms with van der Waals surface area (Å²) in [6, 6.07) is 4.31. The van der Waals surface area contributed by atoms with E-state index in [9.17, 15) is 4.39 Å². The van der Waals surface area contributed by atoms with Gasteiger partial charge in [0.2, 0.25) is 0 Å². The molecule has 0 bridgehead atoms. The molecular formula is C13H14FN3. The number of hydrogen-bond donors (Lipinski definition) is 1. The van der Waals surface area contributed by atoms with Crippen LogP contribution in [0.25, 0.3) is 0 Å². The van der Waals surface area contributed by atoms with Crippen molar-refractivity contribution >= 4 is 0 Å². The van der Waals surface area contributed by atoms with Gasteiger partial charge < -0.3 is 5.73 Å². The number of nitrogens with zero attached hydrogens (tertiary/aromatic N) is 2. The molecule has 3 nitrogen and oxygen atoms in total. The molecule has 0 spiro atoms. The first-order valence-electron chi connectivity index (χ1n) is 5.37. The topological polar surface area (TPSA) is 51.8 Å². The summed E-state index contributed by atoms with van der Waals surface area (Å²) in [5.74, 6) is -0.282. The molecule has 0 saturated carbocycles. The molecule has 17 heavy (non-hydrogen) atoms. The maximum atomic E-state index is 13.3. The average Bonchev–Trinajstić information content (AvgIpc) is 2.28. The minimum absolute atomic E-state index is 0.282. The van der Waals surface area contributed by atoms with Crippen molar-refractivity contribution in [2.45, 2.75) is 19.9 Å². The zero-order valence-corrected chi connectivity index (χ0v) is 9.81. The van der Waals surface area contributed by atoms with Gasteiger partial charge in [0.25, 0.3) is 0 Å². The summed E-state index contributed by atoms with van der Waals surface area (Å²) < 4.78 is 13.3. The first-order chi connectivity index (χ1) is 8.06. The Balaban J connectivity index is 2.36. The van der Waals surface area contributed by atoms with Gasteiger partial charge in [-0.05, 0) is 37.1 Å². The molecule has 1 aromatic heterocycles. The van der Waals surface area contributed by atoms with Gasteiger partial charge in [-0.25, -0.2) is 4.39 Å². The Labute approximate surface area is 99.5 Å². The van der Waals surface area contributed by atoms with Crippen LogP contribution in [0.3, 0.4) is 0 Å². The highest BCUT2D eigenvalue weighted by atomic mass is 19.1. The van der Waals surface area contributed by atoms with Crippen LogP contribution in [-0.2, 0) is 0 Å². The summed E-state index contributed by atoms with van der Waals surface area (Å²) in [4.78, 5) is 8.34. The second-order valence-corrected chi connectivity index (χ2v) is 4.12. The molecule has 4 heteroatoms. The van der Waals surface area contributed by atoms with Gasteiger partial charge in [-0.2, -0.15) is 0 Å². The lowest BCUT2D eigenvalue weighted by atomic mass is 10.0. The van der Waals surface area contributed by atoms with Gasteiger partial charge in [0.05, 0.1) is 23.6 Å². The first-order valence-corrected chi connectivity index (χ1v) is 5.37. The predicted octanol–water partition coefficient (Wildman–Crippen LogP) is 2.28. The van der Waals surface area contributed by atoms with Crippen molar-refractivity contribution in [2.24, 2.45) is 5.73 Å². The summed E-state index contributed by atoms with van der Waals surface area (Å²) in [6.45, 7) is 3.69. The van der Waals surface area contributed by atoms with E-state index in [4.69, 9.17) is 5.73 Å². The molecule has 1 unspecified atom stereocenters. The monoisotopic (exact) mass is 231 g/mol. The van der Waals surface area contributed by atoms with Crippen molar-refractivity contribution in [3.8, 4) is 0 Å². The molecule has 2 aromatic rings. The van der Waals surface area contributed by atoms with Crippen LogP contribution in [-0.4, -0.2) is 9.97 Å². The normalized spacial score (nSPS) is 12.5. The Hall–Kier alpha value is -1.81. The van der Waals surface area contributed by atoms with Gasteiger partial charge >= 0.3 is 0 Å². The summed E-state index contributed by atoms with van der Waals surface area (Å²) in [5, 5.41) is 0. The van der Waals surface area contributed by atoms with E-state index in [1.165, 1.54) is 12.1 Å². The lowest BCUT2D eigenvalue weighted by Crippen LogP contribution is -2.14. The fourth-order valence-corrected chi connectivity index (χ4v) is 1.68. The quantitative estimate of drug-likeness (QED) is 0.862. The number of aryl methyl sites for hydroxylation is 2. The SMILES string of the molecule is Cc1cc(F)cc(C(N)c2cnc(C)cn2)c1. The van der Waals surface area contributed by atoms with Crippen LogP contribution in [0, 0.1) is 19.7 Å². The third-order valence-electron chi connectivity index (χ3n) is 2.54. The number of rotatable bonds is 2. The molecule has 0 fully saturated rings. The van der Waals surface area contributed by atoms with Crippen LogP contribution >= 0.6 is 0 Å². The summed E-state index contributed by atoms with van der Waals surface area (Å²) in [7, 11) is 0. The number of aromatic nitrogens is 2. The molecular weight excluding hydrogens is 217 g/mol. The van der Waals surface area contributed by atoms with Crippen molar-refractivity contribution in [1.82, 2.24) is 9.97 Å². The van der Waals surface area contributed by atoms with Crippen molar-refractivity contribution < 1.29 is 4.39 Å². The highest BCUT2D eigenvalue weighted by Crippen LogP contribution is 2.19. The summed E-state index contributed by atoms with van der Waals surface area (Å²) >= 11 is 0. The molecule has 1 heterocycles. The largest absolute Gasteiger partial charge is 0.319 e. The third-order valence-corrected chi connectivity index (χ3v) is 2.54. The number of benzene rings is 1. The summed E-state index contributed by atoms with van der Waals surface area (Å²) in [5.41, 5.74) is 9.06. The molecule has 0 aliphatic rings. The first kappa shape index (κ1) is 11.7. The van der Waals surface area contributed by atoms with Gasteiger partial charge in [0.1, 0.15) is 5.82 Å². The second-order valence-electron chi connectivity index (χ2n) is 4.12. The van der Waals surface area contributed by atoms with E-state index in [0.717, 1.165) is 11.3 Å². The van der Waals surface area contributed by atoms with E-state index < -0.39 is 6.04 Å². The highest BCUT2D eigenvalue weighted by Gasteiger charge is 2.12. The molecule has 1 aromatic carbocycles. The lowest BCUT2D eigenvalue weighted by molar-refractivity contribution is 0.621. The Morgan fingerprint density at radius 1 is 1.12 bits per heavy atom. The standard InChI is InChI=1S/C13H14FN3/c1-8-3-10(5-11(14)4-8)13(15)12-7-16-9(2)6-17-12/h3-7,13H,15H2,1-2H3. The van der Waals surface area contributed by atoms with Crippen molar-refractivity contribution in [3.63, 3.8) is 0 Å². The fraction of sp³-hybridized carbons (Fsp3) is 0.231. The molecule has 2 rings (SSSR count). The number of nitrogens with two attached hydrogens (primary N) is 1. The Bertz CT molecular complexity index is 502. The average molecular weight is 231 g/mol. The molecule has 0 radical (unpaired) electrons. The zero-order valence-electron chi connectivity index (χ0n) is 9.81. The Kier molecular flexibility index (Phi) is 3.15. The molecule has 88 valence electrons. The lowest BCUT2D eigenvalue weighted by Gasteiger charge is -2.12. The van der Waals surface area contributed by atoms with E-state index in [2.05, 4.69) is 9.97 Å². The second kappa shape index (κ2) is 4.59. The zero-order chi connectivity index (χ0) is 12.4. The van der Waals surface area contributed by atoms with Crippen LogP contribution in [0.2, 0.25) is 0 Å². The smallest absolute Gasteiger partial charge is 0.123 e. The van der Waals surface area contributed by atoms with Gasteiger partial charge in [-0.15, -0.1) is 0 Å². The Morgan fingerprint density at radius 2 is 1.88 bits per heavy atom. The van der Waals surface area contributed by atoms with Crippen LogP contribution in [0.4, 0.5) is 4.39 Å². The fourth-order valence-electron chi connectivity index (χ4n) is 1.68. The van der Waals surface area contributed by atoms with Crippen LogP contribution in [0.1, 0.15) is 28.6 Å². The van der Waals surface area contributed by atoms with Crippen LogP contribution < -0.4 is 5.73 Å². The minimum Gasteiger partial charge on any atom is -0.319 e. The highest BCUT2D eigenvalue weighted by molar-refractivity contribution is 5.30.